The highest BCUT2D eigenvalue weighted by Gasteiger charge is 2.29. The summed E-state index contributed by atoms with van der Waals surface area (Å²) in [6.45, 7) is -0.108. The summed E-state index contributed by atoms with van der Waals surface area (Å²) < 4.78 is 42.5. The van der Waals surface area contributed by atoms with Crippen molar-refractivity contribution in [2.45, 2.75) is 12.8 Å². The number of aromatic nitrogens is 1. The molecular weight excluding hydrogens is 359 g/mol. The van der Waals surface area contributed by atoms with E-state index in [9.17, 15) is 18.0 Å². The fraction of sp³-hybridized carbons (Fsp3) is 0.125. The molecule has 0 spiro atoms. The molecule has 0 amide bonds. The van der Waals surface area contributed by atoms with Gasteiger partial charge in [0.2, 0.25) is 0 Å². The first-order valence-corrected chi connectivity index (χ1v) is 8.52. The van der Waals surface area contributed by atoms with Crippen LogP contribution in [0, 0.1) is 0 Å². The molecule has 0 fully saturated rings. The van der Waals surface area contributed by atoms with Crippen LogP contribution in [0.2, 0.25) is 0 Å². The molecule has 0 atom stereocenters. The van der Waals surface area contributed by atoms with Crippen molar-refractivity contribution in [3.05, 3.63) is 64.0 Å². The molecule has 0 aliphatic carbocycles. The van der Waals surface area contributed by atoms with E-state index in [2.05, 4.69) is 4.98 Å². The Balaban J connectivity index is 1.61. The minimum absolute atomic E-state index is 0.108. The van der Waals surface area contributed by atoms with Crippen molar-refractivity contribution >= 4 is 28.6 Å². The van der Waals surface area contributed by atoms with Crippen molar-refractivity contribution in [1.29, 1.82) is 0 Å². The van der Waals surface area contributed by atoms with Crippen LogP contribution in [0.5, 0.6) is 0 Å². The van der Waals surface area contributed by atoms with Crippen LogP contribution in [-0.4, -0.2) is 11.0 Å². The number of nitrogens with zero attached hydrogens (tertiary/aromatic N) is 1. The number of thiophene rings is 1. The van der Waals surface area contributed by atoms with Crippen molar-refractivity contribution in [3.8, 4) is 9.88 Å². The van der Waals surface area contributed by atoms with Gasteiger partial charge in [0, 0.05) is 5.38 Å². The van der Waals surface area contributed by atoms with Crippen LogP contribution in [-0.2, 0) is 17.5 Å². The normalized spacial score (nSPS) is 11.5. The number of thiazole rings is 1. The number of ether oxygens (including phenoxy) is 1. The van der Waals surface area contributed by atoms with Gasteiger partial charge in [-0.1, -0.05) is 18.2 Å². The Morgan fingerprint density at radius 2 is 1.88 bits per heavy atom. The quantitative estimate of drug-likeness (QED) is 0.590. The number of carbonyl (C=O) groups excluding carboxylic acids is 1. The fourth-order valence-electron chi connectivity index (χ4n) is 1.89. The van der Waals surface area contributed by atoms with Crippen LogP contribution in [0.1, 0.15) is 21.6 Å². The van der Waals surface area contributed by atoms with Crippen LogP contribution in [0.15, 0.2) is 47.2 Å². The number of benzene rings is 1. The van der Waals surface area contributed by atoms with Crippen LogP contribution >= 0.6 is 22.7 Å². The minimum Gasteiger partial charge on any atom is -0.456 e. The van der Waals surface area contributed by atoms with E-state index in [0.717, 1.165) is 22.0 Å². The second kappa shape index (κ2) is 6.74. The molecule has 0 radical (unpaired) electrons. The zero-order valence-electron chi connectivity index (χ0n) is 12.0. The van der Waals surface area contributed by atoms with Crippen LogP contribution in [0.3, 0.4) is 0 Å². The Morgan fingerprint density at radius 3 is 2.50 bits per heavy atom. The van der Waals surface area contributed by atoms with Crippen molar-refractivity contribution < 1.29 is 22.7 Å². The molecule has 24 heavy (non-hydrogen) atoms. The first kappa shape index (κ1) is 16.7. The predicted octanol–water partition coefficient (Wildman–Crippen LogP) is 5.25. The standard InChI is InChI=1S/C16H10F3NO2S2/c17-16(18,19)11-5-3-10(4-6-11)8-22-15(21)12-9-24-14(20-12)13-2-1-7-23-13/h1-7,9H,8H2. The topological polar surface area (TPSA) is 39.2 Å². The summed E-state index contributed by atoms with van der Waals surface area (Å²) in [6, 6.07) is 8.29. The summed E-state index contributed by atoms with van der Waals surface area (Å²) >= 11 is 2.85. The maximum absolute atomic E-state index is 12.5. The van der Waals surface area contributed by atoms with E-state index >= 15 is 0 Å². The van der Waals surface area contributed by atoms with Gasteiger partial charge in [0.15, 0.2) is 5.69 Å². The summed E-state index contributed by atoms with van der Waals surface area (Å²) in [6.07, 6.45) is -4.38. The van der Waals surface area contributed by atoms with Crippen LogP contribution in [0.4, 0.5) is 13.2 Å². The van der Waals surface area contributed by atoms with E-state index in [1.165, 1.54) is 34.8 Å². The van der Waals surface area contributed by atoms with Gasteiger partial charge < -0.3 is 4.74 Å². The van der Waals surface area contributed by atoms with Crippen molar-refractivity contribution in [1.82, 2.24) is 4.98 Å². The highest BCUT2D eigenvalue weighted by Crippen LogP contribution is 2.30. The number of alkyl halides is 3. The SMILES string of the molecule is O=C(OCc1ccc(C(F)(F)F)cc1)c1csc(-c2cccs2)n1. The third kappa shape index (κ3) is 3.82. The lowest BCUT2D eigenvalue weighted by Crippen LogP contribution is -2.07. The number of carbonyl (C=O) groups is 1. The zero-order chi connectivity index (χ0) is 17.2. The van der Waals surface area contributed by atoms with Gasteiger partial charge >= 0.3 is 12.1 Å². The smallest absolute Gasteiger partial charge is 0.416 e. The molecule has 0 saturated carbocycles. The number of rotatable bonds is 4. The average molecular weight is 369 g/mol. The first-order chi connectivity index (χ1) is 11.4. The largest absolute Gasteiger partial charge is 0.456 e. The van der Waals surface area contributed by atoms with Gasteiger partial charge in [-0.25, -0.2) is 9.78 Å². The fourth-order valence-corrected chi connectivity index (χ4v) is 3.50. The molecule has 0 unspecified atom stereocenters. The summed E-state index contributed by atoms with van der Waals surface area (Å²) in [7, 11) is 0. The lowest BCUT2D eigenvalue weighted by Gasteiger charge is -2.07. The van der Waals surface area contributed by atoms with Crippen molar-refractivity contribution in [2.24, 2.45) is 0 Å². The van der Waals surface area contributed by atoms with Gasteiger partial charge in [-0.2, -0.15) is 13.2 Å². The minimum atomic E-state index is -4.38. The molecule has 0 aliphatic heterocycles. The van der Waals surface area contributed by atoms with Crippen LogP contribution in [0.25, 0.3) is 9.88 Å². The molecule has 2 heterocycles. The molecular formula is C16H10F3NO2S2. The monoisotopic (exact) mass is 369 g/mol. The van der Waals surface area contributed by atoms with Crippen molar-refractivity contribution in [3.63, 3.8) is 0 Å². The maximum Gasteiger partial charge on any atom is 0.416 e. The second-order valence-electron chi connectivity index (χ2n) is 4.79. The third-order valence-electron chi connectivity index (χ3n) is 3.10. The lowest BCUT2D eigenvalue weighted by atomic mass is 10.1. The molecule has 1 aromatic carbocycles. The molecule has 2 aromatic heterocycles. The Kier molecular flexibility index (Phi) is 4.68. The maximum atomic E-state index is 12.5. The molecule has 3 aromatic rings. The number of hydrogen-bond donors (Lipinski definition) is 0. The summed E-state index contributed by atoms with van der Waals surface area (Å²) in [4.78, 5) is 17.1. The van der Waals surface area contributed by atoms with E-state index in [1.807, 2.05) is 17.5 Å². The molecule has 0 saturated heterocycles. The Labute approximate surface area is 143 Å². The summed E-state index contributed by atoms with van der Waals surface area (Å²) in [5.74, 6) is -0.603. The van der Waals surface area contributed by atoms with E-state index in [1.54, 1.807) is 5.38 Å². The summed E-state index contributed by atoms with van der Waals surface area (Å²) in [5.41, 5.74) is -0.0713. The molecule has 3 rings (SSSR count). The first-order valence-electron chi connectivity index (χ1n) is 6.76. The highest BCUT2D eigenvalue weighted by molar-refractivity contribution is 7.20. The predicted molar refractivity (Wildman–Crippen MR) is 86.0 cm³/mol. The van der Waals surface area contributed by atoms with E-state index in [0.29, 0.717) is 5.56 Å². The van der Waals surface area contributed by atoms with Gasteiger partial charge in [0.25, 0.3) is 0 Å². The van der Waals surface area contributed by atoms with Gasteiger partial charge in [0.1, 0.15) is 11.6 Å². The van der Waals surface area contributed by atoms with Crippen molar-refractivity contribution in [2.75, 3.05) is 0 Å². The molecule has 0 aliphatic rings. The van der Waals surface area contributed by atoms with Gasteiger partial charge in [-0.05, 0) is 29.1 Å². The number of halogens is 3. The van der Waals surface area contributed by atoms with Gasteiger partial charge in [-0.3, -0.25) is 0 Å². The zero-order valence-corrected chi connectivity index (χ0v) is 13.7. The van der Waals surface area contributed by atoms with E-state index in [-0.39, 0.29) is 12.3 Å². The molecule has 0 N–H and O–H groups in total. The lowest BCUT2D eigenvalue weighted by molar-refractivity contribution is -0.137. The van der Waals surface area contributed by atoms with Gasteiger partial charge in [-0.15, -0.1) is 22.7 Å². The average Bonchev–Trinajstić information content (AvgIpc) is 3.22. The Bertz CT molecular complexity index is 824. The van der Waals surface area contributed by atoms with E-state index < -0.39 is 17.7 Å². The van der Waals surface area contributed by atoms with Gasteiger partial charge in [0.05, 0.1) is 10.4 Å². The molecule has 8 heteroatoms. The molecule has 124 valence electrons. The Hall–Kier alpha value is -2.19. The number of esters is 1. The van der Waals surface area contributed by atoms with E-state index in [4.69, 9.17) is 4.74 Å². The highest BCUT2D eigenvalue weighted by atomic mass is 32.1. The second-order valence-corrected chi connectivity index (χ2v) is 6.59. The molecule has 3 nitrogen and oxygen atoms in total. The molecule has 0 bridgehead atoms. The summed E-state index contributed by atoms with van der Waals surface area (Å²) in [5, 5.41) is 4.25. The third-order valence-corrected chi connectivity index (χ3v) is 4.98. The van der Waals surface area contributed by atoms with Crippen LogP contribution < -0.4 is 0 Å². The number of hydrogen-bond acceptors (Lipinski definition) is 5. The Morgan fingerprint density at radius 1 is 1.12 bits per heavy atom.